The number of sulfonamides is 1. The van der Waals surface area contributed by atoms with Crippen molar-refractivity contribution in [3.63, 3.8) is 0 Å². The first-order valence-electron chi connectivity index (χ1n) is 6.75. The molecule has 9 heteroatoms. The summed E-state index contributed by atoms with van der Waals surface area (Å²) in [6, 6.07) is 4.27. The Morgan fingerprint density at radius 1 is 1.27 bits per heavy atom. The van der Waals surface area contributed by atoms with Crippen molar-refractivity contribution in [1.29, 1.82) is 0 Å². The van der Waals surface area contributed by atoms with Crippen LogP contribution in [0.5, 0.6) is 5.75 Å². The van der Waals surface area contributed by atoms with Crippen LogP contribution in [0.15, 0.2) is 29.2 Å². The maximum Gasteiger partial charge on any atom is 0.573 e. The average Bonchev–Trinajstić information content (AvgIpc) is 2.46. The highest BCUT2D eigenvalue weighted by atomic mass is 32.2. The number of benzene rings is 1. The smallest absolute Gasteiger partial charge is 0.406 e. The Morgan fingerprint density at radius 3 is 2.50 bits per heavy atom. The van der Waals surface area contributed by atoms with Crippen molar-refractivity contribution in [2.24, 2.45) is 0 Å². The number of ether oxygens (including phenoxy) is 1. The first-order chi connectivity index (χ1) is 10.2. The van der Waals surface area contributed by atoms with Gasteiger partial charge in [0.2, 0.25) is 10.0 Å². The Labute approximate surface area is 127 Å². The SMILES string of the molecule is CN(C1CCNCC1)S(=O)(=O)c1cccc(OC(F)(F)F)c1. The van der Waals surface area contributed by atoms with Crippen LogP contribution in [0.1, 0.15) is 12.8 Å². The van der Waals surface area contributed by atoms with Gasteiger partial charge in [-0.25, -0.2) is 8.42 Å². The molecule has 124 valence electrons. The molecule has 1 aliphatic rings. The fourth-order valence-electron chi connectivity index (χ4n) is 2.36. The summed E-state index contributed by atoms with van der Waals surface area (Å²) in [5.74, 6) is -0.549. The minimum absolute atomic E-state index is 0.168. The van der Waals surface area contributed by atoms with Crippen LogP contribution in [0.2, 0.25) is 0 Å². The first kappa shape index (κ1) is 17.0. The van der Waals surface area contributed by atoms with Crippen LogP contribution in [0, 0.1) is 0 Å². The van der Waals surface area contributed by atoms with Crippen LogP contribution < -0.4 is 10.1 Å². The van der Waals surface area contributed by atoms with E-state index in [9.17, 15) is 21.6 Å². The molecule has 0 spiro atoms. The summed E-state index contributed by atoms with van der Waals surface area (Å²) in [6.07, 6.45) is -3.54. The Morgan fingerprint density at radius 2 is 1.91 bits per heavy atom. The van der Waals surface area contributed by atoms with Crippen molar-refractivity contribution in [2.75, 3.05) is 20.1 Å². The summed E-state index contributed by atoms with van der Waals surface area (Å²) < 4.78 is 66.7. The molecule has 5 nitrogen and oxygen atoms in total. The van der Waals surface area contributed by atoms with E-state index in [1.807, 2.05) is 0 Å². The summed E-state index contributed by atoms with van der Waals surface area (Å²) in [5.41, 5.74) is 0. The van der Waals surface area contributed by atoms with E-state index < -0.39 is 22.1 Å². The van der Waals surface area contributed by atoms with Gasteiger partial charge in [0.1, 0.15) is 5.75 Å². The van der Waals surface area contributed by atoms with Gasteiger partial charge in [-0.3, -0.25) is 0 Å². The van der Waals surface area contributed by atoms with Gasteiger partial charge >= 0.3 is 6.36 Å². The number of halogens is 3. The zero-order valence-electron chi connectivity index (χ0n) is 11.9. The molecular formula is C13H17F3N2O3S. The van der Waals surface area contributed by atoms with Crippen molar-refractivity contribution in [3.05, 3.63) is 24.3 Å². The zero-order valence-corrected chi connectivity index (χ0v) is 12.7. The maximum atomic E-state index is 12.5. The highest BCUT2D eigenvalue weighted by molar-refractivity contribution is 7.89. The third kappa shape index (κ3) is 4.11. The maximum absolute atomic E-state index is 12.5. The van der Waals surface area contributed by atoms with E-state index >= 15 is 0 Å². The Hall–Kier alpha value is -1.32. The second-order valence-corrected chi connectivity index (χ2v) is 7.02. The lowest BCUT2D eigenvalue weighted by Gasteiger charge is -2.30. The molecule has 22 heavy (non-hydrogen) atoms. The Balaban J connectivity index is 2.23. The lowest BCUT2D eigenvalue weighted by atomic mass is 10.1. The molecule has 1 heterocycles. The Kier molecular flexibility index (Phi) is 4.98. The molecule has 0 aliphatic carbocycles. The number of piperidine rings is 1. The minimum atomic E-state index is -4.86. The second kappa shape index (κ2) is 6.43. The monoisotopic (exact) mass is 338 g/mol. The molecule has 0 bridgehead atoms. The predicted octanol–water partition coefficient (Wildman–Crippen LogP) is 1.96. The molecular weight excluding hydrogens is 321 g/mol. The molecule has 0 aromatic heterocycles. The van der Waals surface area contributed by atoms with E-state index in [1.54, 1.807) is 0 Å². The minimum Gasteiger partial charge on any atom is -0.406 e. The van der Waals surface area contributed by atoms with E-state index in [2.05, 4.69) is 10.1 Å². The molecule has 0 saturated carbocycles. The Bertz CT molecular complexity index is 613. The van der Waals surface area contributed by atoms with E-state index in [1.165, 1.54) is 23.5 Å². The first-order valence-corrected chi connectivity index (χ1v) is 8.19. The average molecular weight is 338 g/mol. The molecule has 1 N–H and O–H groups in total. The number of hydrogen-bond donors (Lipinski definition) is 1. The molecule has 1 aromatic carbocycles. The highest BCUT2D eigenvalue weighted by Crippen LogP contribution is 2.27. The lowest BCUT2D eigenvalue weighted by molar-refractivity contribution is -0.274. The third-order valence-electron chi connectivity index (χ3n) is 3.54. The molecule has 0 radical (unpaired) electrons. The van der Waals surface area contributed by atoms with E-state index in [4.69, 9.17) is 0 Å². The van der Waals surface area contributed by atoms with Gasteiger partial charge in [0.05, 0.1) is 4.90 Å². The van der Waals surface area contributed by atoms with Crippen molar-refractivity contribution < 1.29 is 26.3 Å². The number of nitrogens with zero attached hydrogens (tertiary/aromatic N) is 1. The zero-order chi connectivity index (χ0) is 16.4. The van der Waals surface area contributed by atoms with Gasteiger partial charge in [0.15, 0.2) is 0 Å². The third-order valence-corrected chi connectivity index (χ3v) is 5.45. The van der Waals surface area contributed by atoms with Crippen LogP contribution in [0.4, 0.5) is 13.2 Å². The summed E-state index contributed by atoms with van der Waals surface area (Å²) in [5, 5.41) is 3.13. The van der Waals surface area contributed by atoms with Gasteiger partial charge < -0.3 is 10.1 Å². The fourth-order valence-corrected chi connectivity index (χ4v) is 3.82. The van der Waals surface area contributed by atoms with E-state index in [0.29, 0.717) is 25.9 Å². The van der Waals surface area contributed by atoms with E-state index in [-0.39, 0.29) is 10.9 Å². The van der Waals surface area contributed by atoms with Gasteiger partial charge in [-0.2, -0.15) is 4.31 Å². The summed E-state index contributed by atoms with van der Waals surface area (Å²) >= 11 is 0. The summed E-state index contributed by atoms with van der Waals surface area (Å²) in [4.78, 5) is -0.213. The molecule has 1 fully saturated rings. The normalized spacial score (nSPS) is 17.7. The number of rotatable bonds is 4. The van der Waals surface area contributed by atoms with Crippen LogP contribution in [-0.2, 0) is 10.0 Å². The van der Waals surface area contributed by atoms with Crippen LogP contribution in [-0.4, -0.2) is 45.3 Å². The second-order valence-electron chi connectivity index (χ2n) is 5.03. The standard InChI is InChI=1S/C13H17F3N2O3S/c1-18(10-5-7-17-8-6-10)22(19,20)12-4-2-3-11(9-12)21-13(14,15)16/h2-4,9-10,17H,5-8H2,1H3. The van der Waals surface area contributed by atoms with Gasteiger partial charge in [0.25, 0.3) is 0 Å². The number of hydrogen-bond acceptors (Lipinski definition) is 4. The van der Waals surface area contributed by atoms with Crippen molar-refractivity contribution >= 4 is 10.0 Å². The van der Waals surface area contributed by atoms with Gasteiger partial charge in [-0.1, -0.05) is 6.07 Å². The number of alkyl halides is 3. The molecule has 2 rings (SSSR count). The molecule has 1 saturated heterocycles. The summed E-state index contributed by atoms with van der Waals surface area (Å²) in [7, 11) is -2.41. The molecule has 0 atom stereocenters. The van der Waals surface area contributed by atoms with Gasteiger partial charge in [-0.05, 0) is 38.1 Å². The largest absolute Gasteiger partial charge is 0.573 e. The molecule has 1 aromatic rings. The molecule has 1 aliphatic heterocycles. The fraction of sp³-hybridized carbons (Fsp3) is 0.538. The van der Waals surface area contributed by atoms with Crippen molar-refractivity contribution in [1.82, 2.24) is 9.62 Å². The molecule has 0 amide bonds. The predicted molar refractivity (Wildman–Crippen MR) is 74.0 cm³/mol. The quantitative estimate of drug-likeness (QED) is 0.912. The van der Waals surface area contributed by atoms with Gasteiger partial charge in [-0.15, -0.1) is 13.2 Å². The van der Waals surface area contributed by atoms with Crippen LogP contribution >= 0.6 is 0 Å². The number of nitrogens with one attached hydrogen (secondary N) is 1. The lowest BCUT2D eigenvalue weighted by Crippen LogP contribution is -2.43. The summed E-state index contributed by atoms with van der Waals surface area (Å²) in [6.45, 7) is 1.42. The van der Waals surface area contributed by atoms with Crippen LogP contribution in [0.3, 0.4) is 0 Å². The molecule has 0 unspecified atom stereocenters. The highest BCUT2D eigenvalue weighted by Gasteiger charge is 2.33. The van der Waals surface area contributed by atoms with Gasteiger partial charge in [0, 0.05) is 19.2 Å². The topological polar surface area (TPSA) is 58.6 Å². The van der Waals surface area contributed by atoms with Crippen LogP contribution in [0.25, 0.3) is 0 Å². The van der Waals surface area contributed by atoms with E-state index in [0.717, 1.165) is 12.1 Å². The van der Waals surface area contributed by atoms with Crippen molar-refractivity contribution in [2.45, 2.75) is 30.1 Å². The van der Waals surface area contributed by atoms with Crippen molar-refractivity contribution in [3.8, 4) is 5.75 Å².